The summed E-state index contributed by atoms with van der Waals surface area (Å²) in [5.41, 5.74) is 0.655. The summed E-state index contributed by atoms with van der Waals surface area (Å²) in [5.74, 6) is 0.895. The minimum atomic E-state index is -0.638. The van der Waals surface area contributed by atoms with E-state index in [1.165, 1.54) is 29.2 Å². The third-order valence-electron chi connectivity index (χ3n) is 5.84. The SMILES string of the molecule is COc1ccc(CCN(Cc2ccco2)C(=O)CN(C(=O)c2ccc(F)cc2)C(C)(C)C)cc1OC. The molecule has 0 atom stereocenters. The van der Waals surface area contributed by atoms with Crippen LogP contribution in [0.5, 0.6) is 11.5 Å². The summed E-state index contributed by atoms with van der Waals surface area (Å²) in [6, 6.07) is 14.6. The van der Waals surface area contributed by atoms with Crippen LogP contribution in [0.25, 0.3) is 0 Å². The number of methoxy groups -OCH3 is 2. The fourth-order valence-corrected chi connectivity index (χ4v) is 3.78. The van der Waals surface area contributed by atoms with E-state index in [1.54, 1.807) is 31.4 Å². The van der Waals surface area contributed by atoms with E-state index < -0.39 is 11.4 Å². The lowest BCUT2D eigenvalue weighted by atomic mass is 10.0. The Hall–Kier alpha value is -3.81. The van der Waals surface area contributed by atoms with Gasteiger partial charge in [0.25, 0.3) is 5.91 Å². The number of rotatable bonds is 10. The first-order chi connectivity index (χ1) is 17.1. The molecule has 1 aromatic heterocycles. The number of hydrogen-bond acceptors (Lipinski definition) is 5. The molecule has 1 heterocycles. The predicted octanol–water partition coefficient (Wildman–Crippen LogP) is 4.95. The highest BCUT2D eigenvalue weighted by molar-refractivity contribution is 5.97. The van der Waals surface area contributed by atoms with E-state index in [9.17, 15) is 14.0 Å². The van der Waals surface area contributed by atoms with E-state index in [2.05, 4.69) is 0 Å². The van der Waals surface area contributed by atoms with Crippen molar-refractivity contribution in [3.8, 4) is 11.5 Å². The maximum Gasteiger partial charge on any atom is 0.254 e. The molecule has 0 saturated heterocycles. The Morgan fingerprint density at radius 2 is 1.67 bits per heavy atom. The lowest BCUT2D eigenvalue weighted by Crippen LogP contribution is -2.51. The van der Waals surface area contributed by atoms with Crippen molar-refractivity contribution in [2.45, 2.75) is 39.3 Å². The molecule has 0 bridgehead atoms. The smallest absolute Gasteiger partial charge is 0.254 e. The van der Waals surface area contributed by atoms with E-state index in [-0.39, 0.29) is 24.9 Å². The largest absolute Gasteiger partial charge is 0.493 e. The highest BCUT2D eigenvalue weighted by Crippen LogP contribution is 2.28. The predicted molar refractivity (Wildman–Crippen MR) is 135 cm³/mol. The zero-order chi connectivity index (χ0) is 26.3. The Kier molecular flexibility index (Phi) is 8.74. The van der Waals surface area contributed by atoms with Crippen molar-refractivity contribution in [3.05, 3.63) is 83.6 Å². The van der Waals surface area contributed by atoms with Gasteiger partial charge in [-0.15, -0.1) is 0 Å². The summed E-state index contributed by atoms with van der Waals surface area (Å²) >= 11 is 0. The van der Waals surface area contributed by atoms with Gasteiger partial charge in [0.2, 0.25) is 5.91 Å². The average molecular weight is 497 g/mol. The van der Waals surface area contributed by atoms with E-state index in [0.29, 0.717) is 35.8 Å². The van der Waals surface area contributed by atoms with Crippen molar-refractivity contribution in [2.75, 3.05) is 27.3 Å². The zero-order valence-corrected chi connectivity index (χ0v) is 21.4. The minimum absolute atomic E-state index is 0.133. The van der Waals surface area contributed by atoms with Crippen LogP contribution in [-0.2, 0) is 17.8 Å². The zero-order valence-electron chi connectivity index (χ0n) is 21.4. The molecule has 7 nitrogen and oxygen atoms in total. The molecule has 36 heavy (non-hydrogen) atoms. The van der Waals surface area contributed by atoms with Gasteiger partial charge in [-0.3, -0.25) is 9.59 Å². The molecule has 3 aromatic rings. The molecule has 0 N–H and O–H groups in total. The first-order valence-electron chi connectivity index (χ1n) is 11.7. The van der Waals surface area contributed by atoms with E-state index in [1.807, 2.05) is 45.0 Å². The average Bonchev–Trinajstić information content (AvgIpc) is 3.37. The van der Waals surface area contributed by atoms with E-state index in [4.69, 9.17) is 13.9 Å². The van der Waals surface area contributed by atoms with Gasteiger partial charge in [0, 0.05) is 17.6 Å². The van der Waals surface area contributed by atoms with E-state index in [0.717, 1.165) is 5.56 Å². The number of hydrogen-bond donors (Lipinski definition) is 0. The number of halogens is 1. The van der Waals surface area contributed by atoms with Gasteiger partial charge in [-0.1, -0.05) is 6.07 Å². The second-order valence-corrected chi connectivity index (χ2v) is 9.40. The summed E-state index contributed by atoms with van der Waals surface area (Å²) in [5, 5.41) is 0. The number of carbonyl (C=O) groups is 2. The standard InChI is InChI=1S/C28H33FN2O5/c1-28(2,3)31(27(33)21-9-11-22(29)12-10-21)19-26(32)30(18-23-7-6-16-36-23)15-14-20-8-13-24(34-4)25(17-20)35-5/h6-13,16-17H,14-15,18-19H2,1-5H3. The van der Waals surface area contributed by atoms with Crippen LogP contribution in [0, 0.1) is 5.82 Å². The number of benzene rings is 2. The number of furan rings is 1. The van der Waals surface area contributed by atoms with Crippen LogP contribution < -0.4 is 9.47 Å². The quantitative estimate of drug-likeness (QED) is 0.397. The molecule has 0 saturated carbocycles. The Bertz CT molecular complexity index is 1150. The van der Waals surface area contributed by atoms with Gasteiger partial charge < -0.3 is 23.7 Å². The van der Waals surface area contributed by atoms with Crippen molar-refractivity contribution in [1.29, 1.82) is 0 Å². The maximum absolute atomic E-state index is 13.5. The number of carbonyl (C=O) groups excluding carboxylic acids is 2. The number of nitrogens with zero attached hydrogens (tertiary/aromatic N) is 2. The van der Waals surface area contributed by atoms with Gasteiger partial charge in [-0.05, 0) is 81.3 Å². The van der Waals surface area contributed by atoms with E-state index >= 15 is 0 Å². The van der Waals surface area contributed by atoms with Crippen LogP contribution in [0.2, 0.25) is 0 Å². The summed E-state index contributed by atoms with van der Waals surface area (Å²) < 4.78 is 29.6. The Labute approximate surface area is 211 Å². The third-order valence-corrected chi connectivity index (χ3v) is 5.84. The molecule has 0 fully saturated rings. The lowest BCUT2D eigenvalue weighted by molar-refractivity contribution is -0.133. The van der Waals surface area contributed by atoms with Gasteiger partial charge in [0.15, 0.2) is 11.5 Å². The van der Waals surface area contributed by atoms with Crippen LogP contribution in [0.1, 0.15) is 42.5 Å². The Morgan fingerprint density at radius 3 is 2.25 bits per heavy atom. The topological polar surface area (TPSA) is 72.2 Å². The van der Waals surface area contributed by atoms with Crippen LogP contribution in [0.4, 0.5) is 4.39 Å². The highest BCUT2D eigenvalue weighted by Gasteiger charge is 2.31. The first kappa shape index (κ1) is 26.8. The molecule has 192 valence electrons. The summed E-state index contributed by atoms with van der Waals surface area (Å²) in [7, 11) is 3.16. The first-order valence-corrected chi connectivity index (χ1v) is 11.7. The van der Waals surface area contributed by atoms with Crippen molar-refractivity contribution in [1.82, 2.24) is 9.80 Å². The normalized spacial score (nSPS) is 11.2. The number of amides is 2. The van der Waals surface area contributed by atoms with Crippen molar-refractivity contribution in [2.24, 2.45) is 0 Å². The van der Waals surface area contributed by atoms with Crippen molar-refractivity contribution in [3.63, 3.8) is 0 Å². The van der Waals surface area contributed by atoms with Crippen LogP contribution in [-0.4, -0.2) is 54.5 Å². The van der Waals surface area contributed by atoms with Gasteiger partial charge in [0.1, 0.15) is 18.1 Å². The summed E-state index contributed by atoms with van der Waals surface area (Å²) in [4.78, 5) is 30.0. The number of ether oxygens (including phenoxy) is 2. The second-order valence-electron chi connectivity index (χ2n) is 9.40. The Balaban J connectivity index is 1.80. The van der Waals surface area contributed by atoms with Crippen LogP contribution in [0.15, 0.2) is 65.3 Å². The van der Waals surface area contributed by atoms with Gasteiger partial charge in [-0.25, -0.2) is 4.39 Å². The molecule has 0 aliphatic heterocycles. The van der Waals surface area contributed by atoms with Gasteiger partial charge in [-0.2, -0.15) is 0 Å². The van der Waals surface area contributed by atoms with Crippen LogP contribution >= 0.6 is 0 Å². The van der Waals surface area contributed by atoms with Gasteiger partial charge >= 0.3 is 0 Å². The fourth-order valence-electron chi connectivity index (χ4n) is 3.78. The molecule has 3 rings (SSSR count). The molecule has 0 unspecified atom stereocenters. The van der Waals surface area contributed by atoms with Crippen molar-refractivity contribution < 1.29 is 27.9 Å². The fraction of sp³-hybridized carbons (Fsp3) is 0.357. The molecular formula is C28H33FN2O5. The monoisotopic (exact) mass is 496 g/mol. The third kappa shape index (κ3) is 6.87. The van der Waals surface area contributed by atoms with Crippen LogP contribution in [0.3, 0.4) is 0 Å². The molecule has 2 amide bonds. The van der Waals surface area contributed by atoms with Crippen molar-refractivity contribution >= 4 is 11.8 Å². The molecular weight excluding hydrogens is 463 g/mol. The maximum atomic E-state index is 13.5. The summed E-state index contributed by atoms with van der Waals surface area (Å²) in [6.45, 7) is 6.12. The highest BCUT2D eigenvalue weighted by atomic mass is 19.1. The molecule has 0 aliphatic rings. The molecule has 8 heteroatoms. The molecule has 0 spiro atoms. The molecule has 0 aliphatic carbocycles. The lowest BCUT2D eigenvalue weighted by Gasteiger charge is -2.36. The minimum Gasteiger partial charge on any atom is -0.493 e. The molecule has 2 aromatic carbocycles. The second kappa shape index (κ2) is 11.7. The molecule has 0 radical (unpaired) electrons. The van der Waals surface area contributed by atoms with Gasteiger partial charge in [0.05, 0.1) is 27.0 Å². The summed E-state index contributed by atoms with van der Waals surface area (Å²) in [6.07, 6.45) is 2.13. The Morgan fingerprint density at radius 1 is 0.972 bits per heavy atom.